The summed E-state index contributed by atoms with van der Waals surface area (Å²) in [5, 5.41) is 4.23. The second kappa shape index (κ2) is 3.68. The minimum Gasteiger partial charge on any atom is -0.382 e. The highest BCUT2D eigenvalue weighted by atomic mass is 15.3. The lowest BCUT2D eigenvalue weighted by Gasteiger charge is -2.03. The van der Waals surface area contributed by atoms with E-state index in [0.29, 0.717) is 17.6 Å². The molecule has 0 aliphatic carbocycles. The molecule has 15 heavy (non-hydrogen) atoms. The Bertz CT molecular complexity index is 460. The number of rotatable bonds is 2. The molecule has 0 fully saturated rings. The van der Waals surface area contributed by atoms with Crippen LogP contribution < -0.4 is 5.73 Å². The summed E-state index contributed by atoms with van der Waals surface area (Å²) in [6, 6.07) is 0.330. The average molecular weight is 203 g/mol. The van der Waals surface area contributed by atoms with Gasteiger partial charge in [-0.2, -0.15) is 5.10 Å². The molecule has 0 unspecified atom stereocenters. The summed E-state index contributed by atoms with van der Waals surface area (Å²) in [6.45, 7) is 4.13. The highest BCUT2D eigenvalue weighted by molar-refractivity contribution is 5.67. The molecule has 0 radical (unpaired) electrons. The first kappa shape index (κ1) is 9.64. The van der Waals surface area contributed by atoms with Crippen molar-refractivity contribution in [1.29, 1.82) is 0 Å². The van der Waals surface area contributed by atoms with Crippen molar-refractivity contribution < 1.29 is 0 Å². The zero-order chi connectivity index (χ0) is 10.8. The summed E-state index contributed by atoms with van der Waals surface area (Å²) < 4.78 is 1.86. The fourth-order valence-electron chi connectivity index (χ4n) is 1.31. The molecular weight excluding hydrogens is 190 g/mol. The molecule has 2 rings (SSSR count). The summed E-state index contributed by atoms with van der Waals surface area (Å²) in [5.74, 6) is 0.431. The van der Waals surface area contributed by atoms with Crippen LogP contribution in [0.2, 0.25) is 0 Å². The van der Waals surface area contributed by atoms with E-state index in [1.165, 1.54) is 0 Å². The topological polar surface area (TPSA) is 69.6 Å². The molecule has 0 saturated carbocycles. The number of nitrogen functional groups attached to an aromatic ring is 1. The van der Waals surface area contributed by atoms with E-state index in [1.807, 2.05) is 10.9 Å². The van der Waals surface area contributed by atoms with Gasteiger partial charge < -0.3 is 5.73 Å². The number of aromatic nitrogens is 4. The van der Waals surface area contributed by atoms with E-state index >= 15 is 0 Å². The number of nitrogens with zero attached hydrogens (tertiary/aromatic N) is 4. The van der Waals surface area contributed by atoms with E-state index in [4.69, 9.17) is 5.73 Å². The quantitative estimate of drug-likeness (QED) is 0.803. The third kappa shape index (κ3) is 1.81. The summed E-state index contributed by atoms with van der Waals surface area (Å²) >= 11 is 0. The number of hydrogen-bond acceptors (Lipinski definition) is 4. The van der Waals surface area contributed by atoms with Crippen LogP contribution in [-0.4, -0.2) is 19.7 Å². The second-order valence-corrected chi connectivity index (χ2v) is 3.59. The van der Waals surface area contributed by atoms with E-state index in [0.717, 1.165) is 5.56 Å². The van der Waals surface area contributed by atoms with Gasteiger partial charge in [-0.05, 0) is 13.8 Å². The van der Waals surface area contributed by atoms with Crippen LogP contribution in [0, 0.1) is 0 Å². The smallest absolute Gasteiger partial charge is 0.150 e. The second-order valence-electron chi connectivity index (χ2n) is 3.59. The van der Waals surface area contributed by atoms with Gasteiger partial charge in [0.05, 0.1) is 6.20 Å². The Balaban J connectivity index is 2.42. The highest BCUT2D eigenvalue weighted by Gasteiger charge is 2.08. The van der Waals surface area contributed by atoms with Crippen LogP contribution in [-0.2, 0) is 0 Å². The number of nitrogens with two attached hydrogens (primary N) is 1. The van der Waals surface area contributed by atoms with Crippen molar-refractivity contribution >= 4 is 5.82 Å². The lowest BCUT2D eigenvalue weighted by molar-refractivity contribution is 0.532. The Kier molecular flexibility index (Phi) is 2.37. The third-order valence-electron chi connectivity index (χ3n) is 2.13. The molecule has 0 spiro atoms. The molecule has 0 amide bonds. The van der Waals surface area contributed by atoms with E-state index < -0.39 is 0 Å². The number of anilines is 1. The van der Waals surface area contributed by atoms with Crippen LogP contribution in [0.3, 0.4) is 0 Å². The summed E-state index contributed by atoms with van der Waals surface area (Å²) in [5.41, 5.74) is 7.31. The van der Waals surface area contributed by atoms with E-state index in [9.17, 15) is 0 Å². The molecule has 5 heteroatoms. The van der Waals surface area contributed by atoms with E-state index in [1.54, 1.807) is 18.6 Å². The molecule has 2 N–H and O–H groups in total. The molecule has 0 aliphatic rings. The molecule has 0 atom stereocenters. The molecule has 5 nitrogen and oxygen atoms in total. The molecule has 78 valence electrons. The first-order chi connectivity index (χ1) is 7.18. The lowest BCUT2D eigenvalue weighted by atomic mass is 10.2. The van der Waals surface area contributed by atoms with Gasteiger partial charge in [0.15, 0.2) is 0 Å². The van der Waals surface area contributed by atoms with Gasteiger partial charge >= 0.3 is 0 Å². The monoisotopic (exact) mass is 203 g/mol. The van der Waals surface area contributed by atoms with Crippen molar-refractivity contribution in [2.45, 2.75) is 19.9 Å². The van der Waals surface area contributed by atoms with Crippen LogP contribution in [0.5, 0.6) is 0 Å². The minimum absolute atomic E-state index is 0.330. The maximum absolute atomic E-state index is 5.73. The van der Waals surface area contributed by atoms with Crippen LogP contribution >= 0.6 is 0 Å². The average Bonchev–Trinajstić information content (AvgIpc) is 2.67. The zero-order valence-electron chi connectivity index (χ0n) is 8.75. The first-order valence-electron chi connectivity index (χ1n) is 4.79. The van der Waals surface area contributed by atoms with Crippen molar-refractivity contribution in [3.8, 4) is 11.3 Å². The molecular formula is C10H13N5. The van der Waals surface area contributed by atoms with Gasteiger partial charge in [-0.3, -0.25) is 9.67 Å². The normalized spacial score (nSPS) is 10.9. The van der Waals surface area contributed by atoms with Crippen molar-refractivity contribution in [3.05, 3.63) is 24.8 Å². The highest BCUT2D eigenvalue weighted by Crippen LogP contribution is 2.21. The minimum atomic E-state index is 0.330. The molecule has 0 saturated heterocycles. The fraction of sp³-hybridized carbons (Fsp3) is 0.300. The van der Waals surface area contributed by atoms with Gasteiger partial charge in [0.1, 0.15) is 11.5 Å². The van der Waals surface area contributed by atoms with Crippen LogP contribution in [0.15, 0.2) is 24.8 Å². The zero-order valence-corrected chi connectivity index (χ0v) is 8.75. The van der Waals surface area contributed by atoms with Crippen LogP contribution in [0.25, 0.3) is 11.3 Å². The van der Waals surface area contributed by atoms with Crippen molar-refractivity contribution in [1.82, 2.24) is 19.7 Å². The van der Waals surface area contributed by atoms with Crippen molar-refractivity contribution in [2.24, 2.45) is 0 Å². The Morgan fingerprint density at radius 1 is 1.27 bits per heavy atom. The molecule has 2 aromatic heterocycles. The summed E-state index contributed by atoms with van der Waals surface area (Å²) in [7, 11) is 0. The fourth-order valence-corrected chi connectivity index (χ4v) is 1.31. The van der Waals surface area contributed by atoms with E-state index in [-0.39, 0.29) is 0 Å². The first-order valence-corrected chi connectivity index (χ1v) is 4.79. The Morgan fingerprint density at radius 3 is 2.60 bits per heavy atom. The Morgan fingerprint density at radius 2 is 2.00 bits per heavy atom. The van der Waals surface area contributed by atoms with Crippen LogP contribution in [0.1, 0.15) is 19.9 Å². The van der Waals surface area contributed by atoms with Gasteiger partial charge in [-0.15, -0.1) is 0 Å². The third-order valence-corrected chi connectivity index (χ3v) is 2.13. The van der Waals surface area contributed by atoms with Gasteiger partial charge in [-0.1, -0.05) is 0 Å². The Hall–Kier alpha value is -1.91. The molecule has 2 aromatic rings. The van der Waals surface area contributed by atoms with Crippen molar-refractivity contribution in [3.63, 3.8) is 0 Å². The van der Waals surface area contributed by atoms with Crippen molar-refractivity contribution in [2.75, 3.05) is 5.73 Å². The predicted molar refractivity (Wildman–Crippen MR) is 58.1 cm³/mol. The maximum Gasteiger partial charge on any atom is 0.150 e. The predicted octanol–water partition coefficient (Wildman–Crippen LogP) is 1.50. The molecule has 0 aromatic carbocycles. The summed E-state index contributed by atoms with van der Waals surface area (Å²) in [4.78, 5) is 8.17. The maximum atomic E-state index is 5.73. The standard InChI is InChI=1S/C10H13N5/c1-7(2)15-6-8(5-14-15)9-10(11)13-4-3-12-9/h3-7H,1-2H3,(H2,11,13). The molecule has 0 bridgehead atoms. The lowest BCUT2D eigenvalue weighted by Crippen LogP contribution is -2.00. The number of hydrogen-bond donors (Lipinski definition) is 1. The van der Waals surface area contributed by atoms with Gasteiger partial charge in [0, 0.05) is 30.2 Å². The largest absolute Gasteiger partial charge is 0.382 e. The van der Waals surface area contributed by atoms with Gasteiger partial charge in [-0.25, -0.2) is 4.98 Å². The van der Waals surface area contributed by atoms with E-state index in [2.05, 4.69) is 28.9 Å². The molecule has 0 aliphatic heterocycles. The van der Waals surface area contributed by atoms with Gasteiger partial charge in [0.25, 0.3) is 0 Å². The van der Waals surface area contributed by atoms with Crippen LogP contribution in [0.4, 0.5) is 5.82 Å². The SMILES string of the molecule is CC(C)n1cc(-c2nccnc2N)cn1. The van der Waals surface area contributed by atoms with Gasteiger partial charge in [0.2, 0.25) is 0 Å². The summed E-state index contributed by atoms with van der Waals surface area (Å²) in [6.07, 6.45) is 6.87. The Labute approximate surface area is 88.0 Å². The molecule has 2 heterocycles.